The molecule has 0 radical (unpaired) electrons. The zero-order chi connectivity index (χ0) is 39.9. The van der Waals surface area contributed by atoms with Gasteiger partial charge in [-0.2, -0.15) is 0 Å². The van der Waals surface area contributed by atoms with E-state index in [9.17, 15) is 31.5 Å². The van der Waals surface area contributed by atoms with Crippen LogP contribution in [0.2, 0.25) is 0 Å². The molecule has 1 aliphatic heterocycles. The summed E-state index contributed by atoms with van der Waals surface area (Å²) in [5.74, 6) is -0.793. The molecule has 2 unspecified atom stereocenters. The van der Waals surface area contributed by atoms with E-state index in [1.54, 1.807) is 129 Å². The quantitative estimate of drug-likeness (QED) is 0.168. The first-order valence-electron chi connectivity index (χ1n) is 17.4. The number of carbonyl (C=O) groups is 2. The van der Waals surface area contributed by atoms with Crippen molar-refractivity contribution >= 4 is 53.6 Å². The average molecular weight is 786 g/mol. The van der Waals surface area contributed by atoms with E-state index in [1.807, 2.05) is 0 Å². The van der Waals surface area contributed by atoms with E-state index in [1.165, 1.54) is 11.0 Å². The third-order valence-electron chi connectivity index (χ3n) is 9.42. The Bertz CT molecular complexity index is 2900. The monoisotopic (exact) mass is 785 g/mol. The lowest BCUT2D eigenvalue weighted by Gasteiger charge is -2.25. The third kappa shape index (κ3) is 7.17. The topological polar surface area (TPSA) is 177 Å². The Hall–Kier alpha value is -6.22. The van der Waals surface area contributed by atoms with Gasteiger partial charge >= 0.3 is 0 Å². The summed E-state index contributed by atoms with van der Waals surface area (Å²) in [7, 11) is -6.98. The van der Waals surface area contributed by atoms with Crippen molar-refractivity contribution in [2.45, 2.75) is 35.8 Å². The van der Waals surface area contributed by atoms with Gasteiger partial charge in [-0.15, -0.1) is 0 Å². The molecular formula is C42H35N5O7S2. The minimum atomic E-state index is -3.56. The van der Waals surface area contributed by atoms with Gasteiger partial charge in [0.15, 0.2) is 19.7 Å². The molecule has 56 heavy (non-hydrogen) atoms. The molecule has 0 spiro atoms. The molecule has 4 aromatic heterocycles. The Labute approximate surface area is 323 Å². The van der Waals surface area contributed by atoms with Crippen LogP contribution >= 0.6 is 0 Å². The van der Waals surface area contributed by atoms with Crippen molar-refractivity contribution in [2.75, 3.05) is 12.5 Å². The Kier molecular flexibility index (Phi) is 10.1. The minimum Gasteiger partial charge on any atom is -0.389 e. The number of hydrogen-bond acceptors (Lipinski definition) is 11. The number of pyridine rings is 4. The van der Waals surface area contributed by atoms with E-state index in [0.717, 1.165) is 12.5 Å². The second-order valence-electron chi connectivity index (χ2n) is 13.4. The van der Waals surface area contributed by atoms with Gasteiger partial charge in [0, 0.05) is 47.2 Å². The highest BCUT2D eigenvalue weighted by molar-refractivity contribution is 7.91. The molecule has 3 aromatic carbocycles. The van der Waals surface area contributed by atoms with Gasteiger partial charge in [0.25, 0.3) is 11.8 Å². The van der Waals surface area contributed by atoms with Crippen LogP contribution in [0.4, 0.5) is 0 Å². The van der Waals surface area contributed by atoms with E-state index in [4.69, 9.17) is 4.98 Å². The number of nitrogens with zero attached hydrogens (tertiary/aromatic N) is 5. The number of aliphatic hydroxyl groups is 1. The third-order valence-corrected chi connectivity index (χ3v) is 11.7. The van der Waals surface area contributed by atoms with Crippen LogP contribution in [-0.4, -0.2) is 71.1 Å². The number of rotatable bonds is 7. The van der Waals surface area contributed by atoms with Gasteiger partial charge in [0.05, 0.1) is 66.5 Å². The largest absolute Gasteiger partial charge is 0.389 e. The van der Waals surface area contributed by atoms with E-state index in [-0.39, 0.29) is 9.79 Å². The van der Waals surface area contributed by atoms with Crippen LogP contribution in [0.3, 0.4) is 0 Å². The fourth-order valence-corrected chi connectivity index (χ4v) is 8.55. The molecule has 5 heterocycles. The van der Waals surface area contributed by atoms with Crippen LogP contribution in [0.5, 0.6) is 0 Å². The van der Waals surface area contributed by atoms with Crippen LogP contribution in [0, 0.1) is 0 Å². The van der Waals surface area contributed by atoms with Crippen LogP contribution in [-0.2, 0) is 19.7 Å². The van der Waals surface area contributed by atoms with Crippen molar-refractivity contribution in [3.8, 4) is 22.5 Å². The van der Waals surface area contributed by atoms with E-state index < -0.39 is 43.6 Å². The number of aliphatic hydroxyl groups excluding tert-OH is 1. The van der Waals surface area contributed by atoms with Crippen LogP contribution in [0.15, 0.2) is 131 Å². The predicted octanol–water partition coefficient (Wildman–Crippen LogP) is 6.81. The fourth-order valence-electron chi connectivity index (χ4n) is 6.77. The summed E-state index contributed by atoms with van der Waals surface area (Å²) in [6.07, 6.45) is 4.79. The standard InChI is InChI=1S/C25H19N3O4S.C17H16N2O3S/c1-15(28-24(29)16-8-3-4-9-17(16)25(28)30)19-14-21-20(11-7-13-26-21)27-23(19)18-10-5-6-12-22(18)33(2,31)32;1-11(20)13-10-15-14(7-5-9-18-15)19-17(13)12-6-3-4-8-16(12)23(2,21)22/h3-15H,1-2H3;3-11,20H,1-2H3. The Morgan fingerprint density at radius 1 is 0.536 bits per heavy atom. The van der Waals surface area contributed by atoms with Crippen molar-refractivity contribution in [3.63, 3.8) is 0 Å². The van der Waals surface area contributed by atoms with Gasteiger partial charge in [0.2, 0.25) is 0 Å². The van der Waals surface area contributed by atoms with Crippen LogP contribution in [0.25, 0.3) is 44.6 Å². The number of carbonyl (C=O) groups excluding carboxylic acids is 2. The van der Waals surface area contributed by atoms with E-state index in [0.29, 0.717) is 66.8 Å². The first kappa shape index (κ1) is 38.1. The number of amides is 2. The molecule has 8 rings (SSSR count). The van der Waals surface area contributed by atoms with Gasteiger partial charge in [-0.25, -0.2) is 26.8 Å². The molecule has 0 aliphatic carbocycles. The molecule has 1 aliphatic rings. The molecular weight excluding hydrogens is 751 g/mol. The van der Waals surface area contributed by atoms with E-state index in [2.05, 4.69) is 15.0 Å². The highest BCUT2D eigenvalue weighted by Gasteiger charge is 2.40. The molecule has 7 aromatic rings. The van der Waals surface area contributed by atoms with Gasteiger partial charge in [-0.3, -0.25) is 24.5 Å². The lowest BCUT2D eigenvalue weighted by atomic mass is 9.98. The molecule has 0 bridgehead atoms. The summed E-state index contributed by atoms with van der Waals surface area (Å²) in [4.78, 5) is 45.7. The summed E-state index contributed by atoms with van der Waals surface area (Å²) in [5.41, 5.74) is 5.98. The lowest BCUT2D eigenvalue weighted by molar-refractivity contribution is 0.0595. The number of aromatic nitrogens is 4. The van der Waals surface area contributed by atoms with Crippen molar-refractivity contribution < 1.29 is 31.5 Å². The molecule has 0 fully saturated rings. The Morgan fingerprint density at radius 2 is 0.929 bits per heavy atom. The normalized spacial score (nSPS) is 14.0. The zero-order valence-corrected chi connectivity index (χ0v) is 32.3. The fraction of sp³-hybridized carbons (Fsp3) is 0.143. The van der Waals surface area contributed by atoms with Gasteiger partial charge in [0.1, 0.15) is 0 Å². The number of fused-ring (bicyclic) bond motifs is 3. The smallest absolute Gasteiger partial charge is 0.262 e. The molecule has 14 heteroatoms. The molecule has 2 amide bonds. The molecule has 282 valence electrons. The minimum absolute atomic E-state index is 0.122. The molecule has 0 saturated heterocycles. The second-order valence-corrected chi connectivity index (χ2v) is 17.3. The maximum Gasteiger partial charge on any atom is 0.262 e. The summed E-state index contributed by atoms with van der Waals surface area (Å²) < 4.78 is 49.2. The second kappa shape index (κ2) is 14.8. The zero-order valence-electron chi connectivity index (χ0n) is 30.7. The SMILES string of the molecule is CC(O)c1cc2ncccc2nc1-c1ccccc1S(C)(=O)=O.CC(c1cc2ncccc2nc1-c1ccccc1S(C)(=O)=O)N1C(=O)c2ccccc2C1=O. The average Bonchev–Trinajstić information content (AvgIpc) is 3.44. The van der Waals surface area contributed by atoms with Crippen molar-refractivity contribution in [1.82, 2.24) is 24.8 Å². The van der Waals surface area contributed by atoms with Crippen molar-refractivity contribution in [2.24, 2.45) is 0 Å². The maximum atomic E-state index is 13.1. The Morgan fingerprint density at radius 3 is 1.36 bits per heavy atom. The van der Waals surface area contributed by atoms with Gasteiger partial charge in [-0.1, -0.05) is 48.5 Å². The summed E-state index contributed by atoms with van der Waals surface area (Å²) in [6.45, 7) is 3.36. The van der Waals surface area contributed by atoms with Crippen LogP contribution < -0.4 is 0 Å². The molecule has 0 saturated carbocycles. The number of imide groups is 1. The van der Waals surface area contributed by atoms with E-state index >= 15 is 0 Å². The number of benzene rings is 3. The van der Waals surface area contributed by atoms with Gasteiger partial charge in [-0.05, 0) is 74.5 Å². The summed E-state index contributed by atoms with van der Waals surface area (Å²) >= 11 is 0. The Balaban J connectivity index is 0.000000183. The highest BCUT2D eigenvalue weighted by atomic mass is 32.2. The molecule has 2 atom stereocenters. The molecule has 1 N–H and O–H groups in total. The molecule has 12 nitrogen and oxygen atoms in total. The highest BCUT2D eigenvalue weighted by Crippen LogP contribution is 2.38. The van der Waals surface area contributed by atoms with Crippen molar-refractivity contribution in [3.05, 3.63) is 144 Å². The van der Waals surface area contributed by atoms with Crippen molar-refractivity contribution in [1.29, 1.82) is 0 Å². The maximum absolute atomic E-state index is 13.1. The first-order valence-corrected chi connectivity index (χ1v) is 21.2. The van der Waals surface area contributed by atoms with Gasteiger partial charge < -0.3 is 5.11 Å². The van der Waals surface area contributed by atoms with Crippen LogP contribution in [0.1, 0.15) is 57.8 Å². The first-order chi connectivity index (χ1) is 26.6. The number of hydrogen-bond donors (Lipinski definition) is 1. The summed E-state index contributed by atoms with van der Waals surface area (Å²) in [6, 6.07) is 29.9. The lowest BCUT2D eigenvalue weighted by Crippen LogP contribution is -2.33. The summed E-state index contributed by atoms with van der Waals surface area (Å²) in [5, 5.41) is 10.1. The predicted molar refractivity (Wildman–Crippen MR) is 212 cm³/mol. The number of sulfone groups is 2.